The van der Waals surface area contributed by atoms with Crippen molar-refractivity contribution in [2.24, 2.45) is 0 Å². The monoisotopic (exact) mass is 339 g/mol. The van der Waals surface area contributed by atoms with E-state index in [9.17, 15) is 8.42 Å². The molecular formula is C18H29NO3S. The molecule has 130 valence electrons. The fourth-order valence-corrected chi connectivity index (χ4v) is 4.74. The zero-order valence-electron chi connectivity index (χ0n) is 14.7. The molecule has 1 saturated carbocycles. The lowest BCUT2D eigenvalue weighted by molar-refractivity contribution is 0.283. The van der Waals surface area contributed by atoms with Crippen LogP contribution in [0.25, 0.3) is 0 Å². The Kier molecular flexibility index (Phi) is 6.09. The molecule has 1 aromatic rings. The Morgan fingerprint density at radius 2 is 1.87 bits per heavy atom. The van der Waals surface area contributed by atoms with E-state index in [4.69, 9.17) is 4.74 Å². The summed E-state index contributed by atoms with van der Waals surface area (Å²) in [5, 5.41) is 0. The van der Waals surface area contributed by atoms with Crippen molar-refractivity contribution < 1.29 is 13.2 Å². The molecular weight excluding hydrogens is 310 g/mol. The fraction of sp³-hybridized carbons (Fsp3) is 0.667. The summed E-state index contributed by atoms with van der Waals surface area (Å²) in [5.41, 5.74) is 1.02. The molecule has 5 heteroatoms. The maximum absolute atomic E-state index is 13.1. The van der Waals surface area contributed by atoms with Gasteiger partial charge in [0.25, 0.3) is 0 Å². The summed E-state index contributed by atoms with van der Waals surface area (Å²) in [7, 11) is -1.83. The minimum Gasteiger partial charge on any atom is -0.492 e. The third kappa shape index (κ3) is 4.07. The highest BCUT2D eigenvalue weighted by molar-refractivity contribution is 7.89. The van der Waals surface area contributed by atoms with E-state index in [1.807, 2.05) is 13.0 Å². The SMILES string of the molecule is CCOc1ccc(C(C)C)cc1S(=O)(=O)N(C)C1CCCCC1. The molecule has 0 N–H and O–H groups in total. The zero-order chi connectivity index (χ0) is 17.0. The summed E-state index contributed by atoms with van der Waals surface area (Å²) in [5.74, 6) is 0.735. The largest absolute Gasteiger partial charge is 0.492 e. The number of nitrogens with zero attached hydrogens (tertiary/aromatic N) is 1. The summed E-state index contributed by atoms with van der Waals surface area (Å²) in [4.78, 5) is 0.304. The van der Waals surface area contributed by atoms with Crippen molar-refractivity contribution >= 4 is 10.0 Å². The lowest BCUT2D eigenvalue weighted by Gasteiger charge is -2.31. The smallest absolute Gasteiger partial charge is 0.246 e. The van der Waals surface area contributed by atoms with Crippen LogP contribution < -0.4 is 4.74 Å². The molecule has 0 aromatic heterocycles. The Labute approximate surface area is 140 Å². The van der Waals surface area contributed by atoms with Crippen molar-refractivity contribution in [3.63, 3.8) is 0 Å². The summed E-state index contributed by atoms with van der Waals surface area (Å²) < 4.78 is 33.4. The Morgan fingerprint density at radius 1 is 1.22 bits per heavy atom. The maximum Gasteiger partial charge on any atom is 0.246 e. The molecule has 0 unspecified atom stereocenters. The number of rotatable bonds is 6. The maximum atomic E-state index is 13.1. The van der Waals surface area contributed by atoms with Gasteiger partial charge in [-0.1, -0.05) is 39.2 Å². The topological polar surface area (TPSA) is 46.6 Å². The van der Waals surface area contributed by atoms with E-state index in [2.05, 4.69) is 13.8 Å². The molecule has 0 radical (unpaired) electrons. The zero-order valence-corrected chi connectivity index (χ0v) is 15.5. The van der Waals surface area contributed by atoms with Crippen LogP contribution in [0, 0.1) is 0 Å². The number of hydrogen-bond donors (Lipinski definition) is 0. The molecule has 0 spiro atoms. The molecule has 1 fully saturated rings. The van der Waals surface area contributed by atoms with Crippen molar-refractivity contribution in [1.29, 1.82) is 0 Å². The van der Waals surface area contributed by atoms with Crippen LogP contribution in [0.2, 0.25) is 0 Å². The highest BCUT2D eigenvalue weighted by Crippen LogP contribution is 2.33. The molecule has 0 saturated heterocycles. The third-order valence-electron chi connectivity index (χ3n) is 4.68. The Morgan fingerprint density at radius 3 is 2.43 bits per heavy atom. The van der Waals surface area contributed by atoms with E-state index in [1.165, 1.54) is 6.42 Å². The van der Waals surface area contributed by atoms with Gasteiger partial charge in [0.15, 0.2) is 0 Å². The van der Waals surface area contributed by atoms with Crippen LogP contribution in [0.1, 0.15) is 64.4 Å². The Bertz CT molecular complexity index is 619. The first-order chi connectivity index (χ1) is 10.9. The van der Waals surface area contributed by atoms with Crippen LogP contribution in [-0.2, 0) is 10.0 Å². The first kappa shape index (κ1) is 18.3. The van der Waals surface area contributed by atoms with Gasteiger partial charge in [0.1, 0.15) is 10.6 Å². The summed E-state index contributed by atoms with van der Waals surface area (Å²) in [6.07, 6.45) is 5.31. The Hall–Kier alpha value is -1.07. The van der Waals surface area contributed by atoms with E-state index in [0.717, 1.165) is 31.2 Å². The van der Waals surface area contributed by atoms with Gasteiger partial charge in [0, 0.05) is 13.1 Å². The number of benzene rings is 1. The molecule has 0 aliphatic heterocycles. The molecule has 23 heavy (non-hydrogen) atoms. The average Bonchev–Trinajstić information content (AvgIpc) is 2.55. The molecule has 0 heterocycles. The highest BCUT2D eigenvalue weighted by Gasteiger charge is 2.31. The summed E-state index contributed by atoms with van der Waals surface area (Å²) in [6, 6.07) is 5.63. The van der Waals surface area contributed by atoms with Crippen molar-refractivity contribution in [2.75, 3.05) is 13.7 Å². The first-order valence-corrected chi connectivity index (χ1v) is 10.1. The van der Waals surface area contributed by atoms with Crippen molar-refractivity contribution in [2.45, 2.75) is 69.7 Å². The van der Waals surface area contributed by atoms with Crippen molar-refractivity contribution in [1.82, 2.24) is 4.31 Å². The predicted molar refractivity (Wildman–Crippen MR) is 93.5 cm³/mol. The quantitative estimate of drug-likeness (QED) is 0.782. The molecule has 4 nitrogen and oxygen atoms in total. The number of ether oxygens (including phenoxy) is 1. The van der Waals surface area contributed by atoms with Crippen LogP contribution in [-0.4, -0.2) is 32.4 Å². The minimum atomic E-state index is -3.54. The van der Waals surface area contributed by atoms with E-state index >= 15 is 0 Å². The van der Waals surface area contributed by atoms with Gasteiger partial charge in [-0.05, 0) is 43.4 Å². The van der Waals surface area contributed by atoms with Gasteiger partial charge in [-0.25, -0.2) is 8.42 Å². The fourth-order valence-electron chi connectivity index (χ4n) is 3.16. The molecule has 1 aliphatic rings. The summed E-state index contributed by atoms with van der Waals surface area (Å²) >= 11 is 0. The van der Waals surface area contributed by atoms with E-state index < -0.39 is 10.0 Å². The van der Waals surface area contributed by atoms with Gasteiger partial charge in [-0.2, -0.15) is 4.31 Å². The van der Waals surface area contributed by atoms with E-state index in [-0.39, 0.29) is 12.0 Å². The van der Waals surface area contributed by atoms with Gasteiger partial charge in [0.2, 0.25) is 10.0 Å². The number of sulfonamides is 1. The lowest BCUT2D eigenvalue weighted by Crippen LogP contribution is -2.38. The molecule has 0 bridgehead atoms. The second-order valence-electron chi connectivity index (χ2n) is 6.61. The normalized spacial score (nSPS) is 17.0. The van der Waals surface area contributed by atoms with Gasteiger partial charge in [0.05, 0.1) is 6.61 Å². The molecule has 2 rings (SSSR count). The van der Waals surface area contributed by atoms with E-state index in [0.29, 0.717) is 17.3 Å². The predicted octanol–water partition coefficient (Wildman–Crippen LogP) is 4.16. The lowest BCUT2D eigenvalue weighted by atomic mass is 9.96. The van der Waals surface area contributed by atoms with Gasteiger partial charge in [-0.3, -0.25) is 0 Å². The second-order valence-corrected chi connectivity index (χ2v) is 8.57. The van der Waals surface area contributed by atoms with Crippen LogP contribution >= 0.6 is 0 Å². The second kappa shape index (κ2) is 7.67. The van der Waals surface area contributed by atoms with Crippen LogP contribution in [0.15, 0.2) is 23.1 Å². The van der Waals surface area contributed by atoms with Crippen LogP contribution in [0.5, 0.6) is 5.75 Å². The van der Waals surface area contributed by atoms with Crippen LogP contribution in [0.3, 0.4) is 0 Å². The highest BCUT2D eigenvalue weighted by atomic mass is 32.2. The average molecular weight is 340 g/mol. The third-order valence-corrected chi connectivity index (χ3v) is 6.61. The van der Waals surface area contributed by atoms with Gasteiger partial charge >= 0.3 is 0 Å². The van der Waals surface area contributed by atoms with Crippen LogP contribution in [0.4, 0.5) is 0 Å². The van der Waals surface area contributed by atoms with Crippen molar-refractivity contribution in [3.05, 3.63) is 23.8 Å². The molecule has 1 aliphatic carbocycles. The first-order valence-electron chi connectivity index (χ1n) is 8.62. The molecule has 1 aromatic carbocycles. The minimum absolute atomic E-state index is 0.103. The molecule has 0 atom stereocenters. The molecule has 0 amide bonds. The number of hydrogen-bond acceptors (Lipinski definition) is 3. The van der Waals surface area contributed by atoms with Gasteiger partial charge < -0.3 is 4.74 Å². The Balaban J connectivity index is 2.41. The summed E-state index contributed by atoms with van der Waals surface area (Å²) in [6.45, 7) is 6.46. The standard InChI is InChI=1S/C18H29NO3S/c1-5-22-17-12-11-15(14(2)3)13-18(17)23(20,21)19(4)16-9-7-6-8-10-16/h11-14,16H,5-10H2,1-4H3. The van der Waals surface area contributed by atoms with Gasteiger partial charge in [-0.15, -0.1) is 0 Å². The van der Waals surface area contributed by atoms with Crippen molar-refractivity contribution in [3.8, 4) is 5.75 Å². The van der Waals surface area contributed by atoms with E-state index in [1.54, 1.807) is 23.5 Å².